The van der Waals surface area contributed by atoms with E-state index in [4.69, 9.17) is 0 Å². The summed E-state index contributed by atoms with van der Waals surface area (Å²) in [6.45, 7) is 26.6. The number of hydrogen-bond acceptors (Lipinski definition) is 2. The molecule has 2 unspecified atom stereocenters. The molecule has 0 aromatic heterocycles. The minimum absolute atomic E-state index is 0.348. The van der Waals surface area contributed by atoms with E-state index < -0.39 is 0 Å². The maximum atomic E-state index is 3.55. The molecule has 314 valence electrons. The quantitative estimate of drug-likeness (QED) is 0.167. The normalized spacial score (nSPS) is 14.5. The molecule has 0 saturated carbocycles. The molecule has 2 heteroatoms. The number of benzene rings is 5. The van der Waals surface area contributed by atoms with Gasteiger partial charge in [-0.25, -0.2) is 0 Å². The van der Waals surface area contributed by atoms with Crippen molar-refractivity contribution in [2.45, 2.75) is 88.2 Å². The largest absolute Gasteiger partial charge is 0.381 e. The highest BCUT2D eigenvalue weighted by Gasteiger charge is 2.22. The van der Waals surface area contributed by atoms with Crippen LogP contribution in [0.3, 0.4) is 0 Å². The van der Waals surface area contributed by atoms with Crippen molar-refractivity contribution < 1.29 is 0 Å². The molecule has 1 heterocycles. The zero-order valence-corrected chi connectivity index (χ0v) is 38.4. The van der Waals surface area contributed by atoms with Crippen molar-refractivity contribution in [1.82, 2.24) is 10.6 Å². The molecule has 7 rings (SSSR count). The molecule has 1 aliphatic carbocycles. The van der Waals surface area contributed by atoms with Crippen LogP contribution in [0.2, 0.25) is 0 Å². The molecule has 60 heavy (non-hydrogen) atoms. The summed E-state index contributed by atoms with van der Waals surface area (Å²) in [5.41, 5.74) is 14.2. The summed E-state index contributed by atoms with van der Waals surface area (Å²) in [4.78, 5) is 0. The third-order valence-corrected chi connectivity index (χ3v) is 9.29. The molecule has 2 atom stereocenters. The van der Waals surface area contributed by atoms with Gasteiger partial charge in [0.1, 0.15) is 0 Å². The van der Waals surface area contributed by atoms with E-state index in [-0.39, 0.29) is 0 Å². The first kappa shape index (κ1) is 50.0. The molecule has 0 radical (unpaired) electrons. The van der Waals surface area contributed by atoms with Gasteiger partial charge in [0.2, 0.25) is 0 Å². The second-order valence-corrected chi connectivity index (χ2v) is 15.0. The van der Waals surface area contributed by atoms with Crippen molar-refractivity contribution >= 4 is 11.8 Å². The molecule has 0 saturated heterocycles. The molecule has 5 aromatic carbocycles. The van der Waals surface area contributed by atoms with Gasteiger partial charge < -0.3 is 10.6 Å². The Kier molecular flexibility index (Phi) is 24.3. The van der Waals surface area contributed by atoms with Crippen LogP contribution in [-0.4, -0.2) is 12.1 Å². The maximum absolute atomic E-state index is 3.55. The first-order valence-electron chi connectivity index (χ1n) is 21.5. The molecule has 0 fully saturated rings. The molecule has 0 amide bonds. The van der Waals surface area contributed by atoms with Gasteiger partial charge in [0.15, 0.2) is 0 Å². The fourth-order valence-corrected chi connectivity index (χ4v) is 5.91. The van der Waals surface area contributed by atoms with E-state index in [0.29, 0.717) is 18.0 Å². The van der Waals surface area contributed by atoms with Gasteiger partial charge in [-0.3, -0.25) is 0 Å². The van der Waals surface area contributed by atoms with Gasteiger partial charge in [-0.1, -0.05) is 239 Å². The lowest BCUT2D eigenvalue weighted by atomic mass is 9.93. The van der Waals surface area contributed by atoms with E-state index in [9.17, 15) is 0 Å². The lowest BCUT2D eigenvalue weighted by Crippen LogP contribution is -2.48. The van der Waals surface area contributed by atoms with Crippen LogP contribution in [0, 0.1) is 47.5 Å². The average molecular weight is 797 g/mol. The van der Waals surface area contributed by atoms with Gasteiger partial charge in [-0.05, 0) is 93.8 Å². The van der Waals surface area contributed by atoms with Crippen LogP contribution in [0.25, 0.3) is 22.9 Å². The summed E-state index contributed by atoms with van der Waals surface area (Å²) >= 11 is 0. The standard InChI is InChI=1S/C20H22.C15H16N2.2C7H8.C7H12.C2H6/c1-5-6-7-8-18-12-11-17(4)20(14-18)19-13-15(2)9-10-16(19)3;1-11-6-8-12(9-7-11)15-10-16-13-4-2-3-5-14(13)17-15;2*1-7-5-3-2-4-6-7;1-4-5-6-7(2)3;1-2/h5-14H,1-4H3;2-10,13-14,16-17H,1H3;2*2-6H,1H3;4-7H,1H2,2-3H3;1-2H3/b6-5-,8-7-;;;;6-5-;. The lowest BCUT2D eigenvalue weighted by Gasteiger charge is -2.32. The average Bonchev–Trinajstić information content (AvgIpc) is 3.27. The van der Waals surface area contributed by atoms with Gasteiger partial charge in [0.05, 0.1) is 17.8 Å². The van der Waals surface area contributed by atoms with E-state index >= 15 is 0 Å². The van der Waals surface area contributed by atoms with Crippen LogP contribution in [0.1, 0.15) is 79.1 Å². The number of hydrogen-bond donors (Lipinski definition) is 2. The topological polar surface area (TPSA) is 24.1 Å². The Hall–Kier alpha value is -6.12. The first-order chi connectivity index (χ1) is 29.0. The zero-order chi connectivity index (χ0) is 44.1. The molecule has 0 spiro atoms. The van der Waals surface area contributed by atoms with E-state index in [2.05, 4.69) is 212 Å². The van der Waals surface area contributed by atoms with E-state index in [0.717, 1.165) is 5.70 Å². The number of nitrogens with one attached hydrogen (secondary N) is 2. The van der Waals surface area contributed by atoms with Crippen molar-refractivity contribution in [3.05, 3.63) is 239 Å². The van der Waals surface area contributed by atoms with E-state index in [1.165, 1.54) is 55.6 Å². The van der Waals surface area contributed by atoms with Gasteiger partial charge >= 0.3 is 0 Å². The second kappa shape index (κ2) is 29.1. The number of rotatable bonds is 6. The van der Waals surface area contributed by atoms with Gasteiger partial charge in [0, 0.05) is 6.20 Å². The monoisotopic (exact) mass is 797 g/mol. The number of fused-ring (bicyclic) bond motifs is 1. The van der Waals surface area contributed by atoms with Crippen LogP contribution in [0.4, 0.5) is 0 Å². The van der Waals surface area contributed by atoms with Gasteiger partial charge in [0.25, 0.3) is 0 Å². The Morgan fingerprint density at radius 3 is 1.58 bits per heavy atom. The van der Waals surface area contributed by atoms with Crippen LogP contribution < -0.4 is 10.6 Å². The Labute approximate surface area is 365 Å². The fraction of sp³-hybridized carbons (Fsp3) is 0.241. The Balaban J connectivity index is 0.000000277. The molecule has 2 nitrogen and oxygen atoms in total. The summed E-state index contributed by atoms with van der Waals surface area (Å²) in [6, 6.07) is 43.1. The smallest absolute Gasteiger partial charge is 0.0685 e. The summed E-state index contributed by atoms with van der Waals surface area (Å²) in [5.74, 6) is 0.651. The molecule has 0 bridgehead atoms. The molecular weight excluding hydrogens is 725 g/mol. The van der Waals surface area contributed by atoms with Crippen molar-refractivity contribution in [2.75, 3.05) is 0 Å². The molecular formula is C58H72N2. The lowest BCUT2D eigenvalue weighted by molar-refractivity contribution is 0.544. The maximum Gasteiger partial charge on any atom is 0.0685 e. The van der Waals surface area contributed by atoms with Gasteiger partial charge in [-0.2, -0.15) is 0 Å². The summed E-state index contributed by atoms with van der Waals surface area (Å²) in [6.07, 6.45) is 24.8. The van der Waals surface area contributed by atoms with E-state index in [1.54, 1.807) is 6.08 Å². The van der Waals surface area contributed by atoms with Crippen molar-refractivity contribution in [1.29, 1.82) is 0 Å². The summed E-state index contributed by atoms with van der Waals surface area (Å²) in [7, 11) is 0. The van der Waals surface area contributed by atoms with Crippen molar-refractivity contribution in [2.24, 2.45) is 5.92 Å². The fourth-order valence-electron chi connectivity index (χ4n) is 5.91. The minimum Gasteiger partial charge on any atom is -0.381 e. The first-order valence-corrected chi connectivity index (χ1v) is 21.5. The summed E-state index contributed by atoms with van der Waals surface area (Å²) < 4.78 is 0. The second-order valence-electron chi connectivity index (χ2n) is 15.0. The Morgan fingerprint density at radius 1 is 0.567 bits per heavy atom. The number of aryl methyl sites for hydroxylation is 6. The highest BCUT2D eigenvalue weighted by Crippen LogP contribution is 2.29. The predicted molar refractivity (Wildman–Crippen MR) is 269 cm³/mol. The Morgan fingerprint density at radius 2 is 1.08 bits per heavy atom. The molecule has 5 aromatic rings. The van der Waals surface area contributed by atoms with Crippen LogP contribution in [-0.2, 0) is 0 Å². The molecule has 1 aliphatic heterocycles. The molecule has 2 N–H and O–H groups in total. The highest BCUT2D eigenvalue weighted by atomic mass is 15.1. The molecule has 2 aliphatic rings. The highest BCUT2D eigenvalue weighted by molar-refractivity contribution is 5.74. The van der Waals surface area contributed by atoms with Crippen molar-refractivity contribution in [3.63, 3.8) is 0 Å². The SMILES string of the molecule is C/C=C\C=C/c1ccc(C)c(-c2cc(C)ccc2C)c1.C=C/C=C\C(C)C.CC.Cc1ccc(C2=CNC3C=CC=CC3N2)cc1.Cc1ccccc1.Cc1ccccc1. The van der Waals surface area contributed by atoms with Gasteiger partial charge in [-0.15, -0.1) is 0 Å². The van der Waals surface area contributed by atoms with Crippen LogP contribution in [0.5, 0.6) is 0 Å². The number of allylic oxidation sites excluding steroid dienone is 8. The minimum atomic E-state index is 0.348. The third-order valence-electron chi connectivity index (χ3n) is 9.29. The summed E-state index contributed by atoms with van der Waals surface area (Å²) in [5, 5.41) is 6.97. The van der Waals surface area contributed by atoms with Crippen molar-refractivity contribution in [3.8, 4) is 11.1 Å². The third kappa shape index (κ3) is 19.6. The van der Waals surface area contributed by atoms with Crippen LogP contribution >= 0.6 is 0 Å². The predicted octanol–water partition coefficient (Wildman–Crippen LogP) is 15.6. The Bertz CT molecular complexity index is 2090. The van der Waals surface area contributed by atoms with E-state index in [1.807, 2.05) is 69.3 Å². The zero-order valence-electron chi connectivity index (χ0n) is 38.4. The van der Waals surface area contributed by atoms with Crippen LogP contribution in [0.15, 0.2) is 195 Å².